The van der Waals surface area contributed by atoms with E-state index in [0.717, 1.165) is 92.8 Å². The van der Waals surface area contributed by atoms with Crippen molar-refractivity contribution in [3.63, 3.8) is 0 Å². The molecule has 2 aliphatic heterocycles. The molecule has 0 saturated heterocycles. The summed E-state index contributed by atoms with van der Waals surface area (Å²) in [5.41, 5.74) is 11.9. The first kappa shape index (κ1) is 18.6. The molecule has 0 saturated carbocycles. The standard InChI is InChI=1S/C28H18N8/c1-5-13-14(6-1)22-29-21(13)33-23-15-7-2-9-17(15)25(30-23)35-27-19-11-4-12-20(19)28(32-27)36-26-18-10-3-8-16(18)24(31-26)34-22/h1-5,7-8,11H,6,9-10,12H2,(H2,29,30,31,32,33,34,35,36). The number of aromatic nitrogens is 8. The highest BCUT2D eigenvalue weighted by Gasteiger charge is 2.28. The van der Waals surface area contributed by atoms with Crippen LogP contribution in [-0.4, -0.2) is 39.9 Å². The van der Waals surface area contributed by atoms with E-state index in [0.29, 0.717) is 23.3 Å². The zero-order valence-electron chi connectivity index (χ0n) is 19.1. The van der Waals surface area contributed by atoms with Crippen molar-refractivity contribution in [2.75, 3.05) is 0 Å². The van der Waals surface area contributed by atoms with Crippen molar-refractivity contribution in [3.05, 3.63) is 82.0 Å². The van der Waals surface area contributed by atoms with Crippen LogP contribution >= 0.6 is 0 Å². The van der Waals surface area contributed by atoms with Gasteiger partial charge in [0.1, 0.15) is 22.6 Å². The number of fused-ring (bicyclic) bond motifs is 18. The quantitative estimate of drug-likeness (QED) is 0.494. The molecule has 8 heteroatoms. The Kier molecular flexibility index (Phi) is 3.35. The van der Waals surface area contributed by atoms with Gasteiger partial charge in [-0.15, -0.1) is 0 Å². The van der Waals surface area contributed by atoms with E-state index in [9.17, 15) is 0 Å². The molecule has 0 spiro atoms. The Labute approximate surface area is 204 Å². The molecule has 0 radical (unpaired) electrons. The van der Waals surface area contributed by atoms with Gasteiger partial charge in [-0.3, -0.25) is 0 Å². The van der Waals surface area contributed by atoms with Gasteiger partial charge in [-0.05, 0) is 25.7 Å². The summed E-state index contributed by atoms with van der Waals surface area (Å²) in [6.07, 6.45) is 20.3. The number of nitrogens with zero attached hydrogens (tertiary/aromatic N) is 6. The van der Waals surface area contributed by atoms with Crippen molar-refractivity contribution < 1.29 is 0 Å². The lowest BCUT2D eigenvalue weighted by Crippen LogP contribution is -1.93. The van der Waals surface area contributed by atoms with Crippen LogP contribution < -0.4 is 0 Å². The van der Waals surface area contributed by atoms with Gasteiger partial charge < -0.3 is 9.97 Å². The Morgan fingerprint density at radius 3 is 1.44 bits per heavy atom. The lowest BCUT2D eigenvalue weighted by Gasteiger charge is -1.96. The van der Waals surface area contributed by atoms with Crippen LogP contribution in [-0.2, 0) is 12.8 Å². The third-order valence-corrected chi connectivity index (χ3v) is 7.60. The minimum atomic E-state index is 0.685. The average Bonchev–Trinajstić information content (AvgIpc) is 3.67. The van der Waals surface area contributed by atoms with E-state index < -0.39 is 0 Å². The van der Waals surface area contributed by atoms with E-state index in [1.165, 1.54) is 0 Å². The van der Waals surface area contributed by atoms with Crippen LogP contribution in [0.4, 0.5) is 0 Å². The topological polar surface area (TPSA) is 109 Å². The molecule has 0 atom stereocenters. The van der Waals surface area contributed by atoms with E-state index in [2.05, 4.69) is 58.6 Å². The zero-order chi connectivity index (χ0) is 23.4. The maximum atomic E-state index is 5.04. The predicted octanol–water partition coefficient (Wildman–Crippen LogP) is 4.77. The van der Waals surface area contributed by atoms with Crippen LogP contribution in [0.2, 0.25) is 0 Å². The maximum absolute atomic E-state index is 5.04. The minimum absolute atomic E-state index is 0.685. The Balaban J connectivity index is 1.45. The van der Waals surface area contributed by atoms with Crippen LogP contribution in [0.5, 0.6) is 0 Å². The van der Waals surface area contributed by atoms with Crippen molar-refractivity contribution in [2.45, 2.75) is 25.7 Å². The summed E-state index contributed by atoms with van der Waals surface area (Å²) in [6.45, 7) is 0. The minimum Gasteiger partial charge on any atom is -0.324 e. The van der Waals surface area contributed by atoms with E-state index in [-0.39, 0.29) is 0 Å². The van der Waals surface area contributed by atoms with E-state index in [1.54, 1.807) is 0 Å². The molecule has 170 valence electrons. The molecule has 0 amide bonds. The van der Waals surface area contributed by atoms with Gasteiger partial charge in [-0.25, -0.2) is 29.9 Å². The lowest BCUT2D eigenvalue weighted by molar-refractivity contribution is 1.04. The fourth-order valence-electron chi connectivity index (χ4n) is 5.87. The van der Waals surface area contributed by atoms with Crippen molar-refractivity contribution >= 4 is 57.0 Å². The van der Waals surface area contributed by atoms with Gasteiger partial charge in [0.15, 0.2) is 23.3 Å². The van der Waals surface area contributed by atoms with Gasteiger partial charge in [0.2, 0.25) is 0 Å². The fraction of sp³-hybridized carbons (Fsp3) is 0.143. The first-order valence-electron chi connectivity index (χ1n) is 12.2. The molecule has 8 bridgehead atoms. The van der Waals surface area contributed by atoms with E-state index in [4.69, 9.17) is 29.9 Å². The number of hydrogen-bond acceptors (Lipinski definition) is 6. The second kappa shape index (κ2) is 6.48. The van der Waals surface area contributed by atoms with Gasteiger partial charge in [0.05, 0.1) is 0 Å². The third-order valence-electron chi connectivity index (χ3n) is 7.60. The molecule has 5 heterocycles. The number of H-pyrrole nitrogens is 2. The summed E-state index contributed by atoms with van der Waals surface area (Å²) in [4.78, 5) is 36.7. The van der Waals surface area contributed by atoms with Crippen LogP contribution in [0.15, 0.2) is 36.5 Å². The number of rotatable bonds is 0. The van der Waals surface area contributed by atoms with Crippen molar-refractivity contribution in [1.82, 2.24) is 39.9 Å². The monoisotopic (exact) mass is 466 g/mol. The summed E-state index contributed by atoms with van der Waals surface area (Å²) in [5, 5.41) is 0. The molecule has 0 aromatic carbocycles. The van der Waals surface area contributed by atoms with Gasteiger partial charge >= 0.3 is 0 Å². The average molecular weight is 467 g/mol. The Morgan fingerprint density at radius 2 is 0.917 bits per heavy atom. The second-order valence-corrected chi connectivity index (χ2v) is 9.60. The van der Waals surface area contributed by atoms with Gasteiger partial charge in [0.25, 0.3) is 0 Å². The summed E-state index contributed by atoms with van der Waals surface area (Å²) >= 11 is 0. The molecule has 3 aromatic rings. The number of aromatic amines is 2. The number of nitrogens with one attached hydrogen (secondary N) is 2. The van der Waals surface area contributed by atoms with Gasteiger partial charge in [-0.2, -0.15) is 0 Å². The first-order chi connectivity index (χ1) is 17.8. The molecule has 0 fully saturated rings. The summed E-state index contributed by atoms with van der Waals surface area (Å²) in [6, 6.07) is 0. The zero-order valence-corrected chi connectivity index (χ0v) is 19.1. The molecule has 8 nitrogen and oxygen atoms in total. The largest absolute Gasteiger partial charge is 0.324 e. The normalized spacial score (nSPS) is 18.0. The Morgan fingerprint density at radius 1 is 0.444 bits per heavy atom. The lowest BCUT2D eigenvalue weighted by atomic mass is 10.1. The van der Waals surface area contributed by atoms with Crippen LogP contribution in [0.1, 0.15) is 58.4 Å². The fourth-order valence-corrected chi connectivity index (χ4v) is 5.87. The second-order valence-electron chi connectivity index (χ2n) is 9.60. The van der Waals surface area contributed by atoms with E-state index in [1.807, 2.05) is 0 Å². The third kappa shape index (κ3) is 2.38. The molecule has 9 rings (SSSR count). The highest BCUT2D eigenvalue weighted by Crippen LogP contribution is 2.39. The van der Waals surface area contributed by atoms with Crippen molar-refractivity contribution in [2.24, 2.45) is 0 Å². The molecule has 4 aliphatic carbocycles. The molecule has 6 aliphatic rings. The molecule has 0 unspecified atom stereocenters. The SMILES string of the molecule is C1=CC2=C(C1)c1nc2nc2[nH]c(nc3[nH]c(nc4nc(n1)C1=C4C=CC1)c1c3C=CC1)c1c2CC=C1. The van der Waals surface area contributed by atoms with Gasteiger partial charge in [0, 0.05) is 44.5 Å². The summed E-state index contributed by atoms with van der Waals surface area (Å²) < 4.78 is 0. The molecule has 36 heavy (non-hydrogen) atoms. The van der Waals surface area contributed by atoms with Crippen molar-refractivity contribution in [1.29, 1.82) is 0 Å². The number of allylic oxidation sites excluding steroid dienone is 10. The predicted molar refractivity (Wildman–Crippen MR) is 139 cm³/mol. The highest BCUT2D eigenvalue weighted by molar-refractivity contribution is 6.00. The maximum Gasteiger partial charge on any atom is 0.164 e. The van der Waals surface area contributed by atoms with Crippen molar-refractivity contribution in [3.8, 4) is 0 Å². The Bertz CT molecular complexity index is 1800. The molecule has 3 aromatic heterocycles. The van der Waals surface area contributed by atoms with Crippen LogP contribution in [0.3, 0.4) is 0 Å². The van der Waals surface area contributed by atoms with Crippen LogP contribution in [0.25, 0.3) is 57.0 Å². The summed E-state index contributed by atoms with van der Waals surface area (Å²) in [7, 11) is 0. The first-order valence-corrected chi connectivity index (χ1v) is 12.2. The van der Waals surface area contributed by atoms with E-state index >= 15 is 0 Å². The molecular formula is C28H18N8. The smallest absolute Gasteiger partial charge is 0.164 e. The highest BCUT2D eigenvalue weighted by atomic mass is 15.1. The summed E-state index contributed by atoms with van der Waals surface area (Å²) in [5.74, 6) is 2.75. The molecule has 2 N–H and O–H groups in total. The van der Waals surface area contributed by atoms with Crippen LogP contribution in [0, 0.1) is 0 Å². The Hall–Kier alpha value is -4.72. The molecular weight excluding hydrogens is 448 g/mol. The van der Waals surface area contributed by atoms with Gasteiger partial charge in [-0.1, -0.05) is 48.6 Å². The number of hydrogen-bond donors (Lipinski definition) is 2.